The Morgan fingerprint density at radius 2 is 0.578 bits per heavy atom. The van der Waals surface area contributed by atoms with Crippen LogP contribution < -0.4 is 21.4 Å². The monoisotopic (exact) mass is 2050 g/mol. The van der Waals surface area contributed by atoms with Gasteiger partial charge in [0.1, 0.15) is 0 Å². The van der Waals surface area contributed by atoms with Crippen molar-refractivity contribution in [3.05, 3.63) is 538 Å². The number of nitro benzene ring substituents is 2. The summed E-state index contributed by atoms with van der Waals surface area (Å²) in [5.41, 5.74) is 21.9. The lowest BCUT2D eigenvalue weighted by Gasteiger charge is -2.32. The van der Waals surface area contributed by atoms with E-state index in [1.807, 2.05) is 48.5 Å². The molecular formula is C131H96BBr2N6O6P. The van der Waals surface area contributed by atoms with E-state index in [0.717, 1.165) is 71.4 Å². The predicted molar refractivity (Wildman–Crippen MR) is 623 cm³/mol. The molecule has 1 aliphatic carbocycles. The van der Waals surface area contributed by atoms with E-state index < -0.39 is 20.0 Å². The van der Waals surface area contributed by atoms with Gasteiger partial charge in [-0.25, -0.2) is 0 Å². The molecule has 12 nitrogen and oxygen atoms in total. The molecule has 0 unspecified atom stereocenters. The number of benzene rings is 22. The van der Waals surface area contributed by atoms with Crippen molar-refractivity contribution in [1.29, 1.82) is 0 Å². The van der Waals surface area contributed by atoms with Crippen molar-refractivity contribution in [3.63, 3.8) is 0 Å². The number of fused-ring (bicyclic) bond motifs is 24. The number of rotatable bonds is 11. The smallest absolute Gasteiger partial charge is 0.399 e. The third-order valence-electron chi connectivity index (χ3n) is 28.6. The normalized spacial score (nSPS) is 12.7. The first-order valence-corrected chi connectivity index (χ1v) is 52.2. The van der Waals surface area contributed by atoms with E-state index in [0.29, 0.717) is 10.0 Å². The summed E-state index contributed by atoms with van der Waals surface area (Å²) in [7, 11) is -0.858. The van der Waals surface area contributed by atoms with Gasteiger partial charge in [-0.3, -0.25) is 20.2 Å². The van der Waals surface area contributed by atoms with Crippen LogP contribution in [0.1, 0.15) is 38.8 Å². The average molecular weight is 2050 g/mol. The Bertz CT molecular complexity index is 9410. The van der Waals surface area contributed by atoms with Crippen molar-refractivity contribution < 1.29 is 19.2 Å². The second-order valence-corrected chi connectivity index (χ2v) is 41.7. The van der Waals surface area contributed by atoms with Crippen molar-refractivity contribution in [2.45, 2.75) is 45.3 Å². The number of nitrogens with zero attached hydrogens (tertiary/aromatic N) is 6. The Balaban J connectivity index is 0.0000000997. The van der Waals surface area contributed by atoms with Crippen molar-refractivity contribution in [2.75, 3.05) is 0 Å². The number of hydrogen-bond donors (Lipinski definition) is 0. The third kappa shape index (κ3) is 17.5. The summed E-state index contributed by atoms with van der Waals surface area (Å²) in [4.78, 5) is 21.3. The minimum Gasteiger partial charge on any atom is -0.399 e. The minimum atomic E-state index is -0.446. The number of aromatic nitrogens is 4. The molecule has 2 aliphatic rings. The van der Waals surface area contributed by atoms with Crippen LogP contribution in [0.15, 0.2) is 506 Å². The highest BCUT2D eigenvalue weighted by Crippen LogP contribution is 2.50. The molecule has 28 rings (SSSR count). The number of hydrogen-bond acceptors (Lipinski definition) is 6. The molecule has 0 amide bonds. The third-order valence-corrected chi connectivity index (χ3v) is 32.4. The number of nitro groups is 2. The first-order valence-electron chi connectivity index (χ1n) is 49.2. The van der Waals surface area contributed by atoms with Gasteiger partial charge >= 0.3 is 7.12 Å². The summed E-state index contributed by atoms with van der Waals surface area (Å²) in [5, 5.41) is 45.9. The Morgan fingerprint density at radius 1 is 0.265 bits per heavy atom. The topological polar surface area (TPSA) is 124 Å². The summed E-state index contributed by atoms with van der Waals surface area (Å²) in [6.07, 6.45) is 1.02. The Hall–Kier alpha value is -16.7. The minimum absolute atomic E-state index is 0.0995. The molecule has 16 heteroatoms. The van der Waals surface area contributed by atoms with E-state index in [4.69, 9.17) is 9.31 Å². The largest absolute Gasteiger partial charge is 0.495 e. The molecule has 0 atom stereocenters. The van der Waals surface area contributed by atoms with Gasteiger partial charge in [0.25, 0.3) is 11.4 Å². The summed E-state index contributed by atoms with van der Waals surface area (Å²) in [5.74, 6) is 0. The molecule has 1 saturated heterocycles. The van der Waals surface area contributed by atoms with Crippen molar-refractivity contribution in [2.24, 2.45) is 0 Å². The number of halogens is 2. The van der Waals surface area contributed by atoms with E-state index in [1.54, 1.807) is 30.3 Å². The lowest BCUT2D eigenvalue weighted by molar-refractivity contribution is -0.385. The van der Waals surface area contributed by atoms with Crippen molar-refractivity contribution >= 4 is 210 Å². The van der Waals surface area contributed by atoms with Gasteiger partial charge in [-0.2, -0.15) is 0 Å². The standard InChI is InChI=1S/C29H19N.C28H26BNO2.C28H18N2O2.C22H14BrN.C18H15P.C6H4BrNO2/c1-2-10-22(11-3-1)30-26-17-15-21-18-20-9-5-6-12-23(20)27(21)28(26)25-16-14-19-8-4-7-13-24(19)29(25)30;1-27(2)28(3,4)32-29(31-27)23-15-10-16-24-25(23)22-18-17-19-11-8-9-14-21(19)26(22)30(24)20-12-6-5-7-13-20;31-30(32)25-15-7-6-13-22(25)23-14-8-16-26-27(23)24-18-17-19-9-4-5-12-21(19)28(24)29(26)20-10-2-1-3-11-20;23-19-11-6-12-20-21(19)18-14-13-15-7-4-5-10-17(15)22(18)24(20)16-8-2-1-3-9-16;1-4-10-16(11-5-1)19(17-12-6-2-7-13-17)18-14-8-3-9-15-18;7-5-3-1-2-4-6(5)8(9)10/h1-17H,18H2;5-18H,1-4H3;1-18H;1-14H;1-15H;1-4H. The summed E-state index contributed by atoms with van der Waals surface area (Å²) in [6, 6.07) is 172. The van der Waals surface area contributed by atoms with Gasteiger partial charge in [-0.15, -0.1) is 0 Å². The van der Waals surface area contributed by atoms with Crippen molar-refractivity contribution in [3.8, 4) is 45.0 Å². The highest BCUT2D eigenvalue weighted by Gasteiger charge is 2.52. The van der Waals surface area contributed by atoms with E-state index >= 15 is 0 Å². The molecule has 0 bridgehead atoms. The first kappa shape index (κ1) is 93.9. The Kier molecular flexibility index (Phi) is 25.6. The van der Waals surface area contributed by atoms with Gasteiger partial charge in [-0.1, -0.05) is 410 Å². The molecule has 22 aromatic carbocycles. The lowest BCUT2D eigenvalue weighted by atomic mass is 9.76. The highest BCUT2D eigenvalue weighted by atomic mass is 79.9. The molecule has 0 N–H and O–H groups in total. The maximum absolute atomic E-state index is 11.8. The molecule has 4 aromatic heterocycles. The maximum Gasteiger partial charge on any atom is 0.495 e. The molecule has 708 valence electrons. The van der Waals surface area contributed by atoms with Crippen LogP contribution in [0.4, 0.5) is 11.4 Å². The zero-order valence-electron chi connectivity index (χ0n) is 81.0. The van der Waals surface area contributed by atoms with Crippen LogP contribution in [0.5, 0.6) is 0 Å². The fraction of sp³-hybridized carbons (Fsp3) is 0.0534. The van der Waals surface area contributed by atoms with Gasteiger partial charge in [0.15, 0.2) is 0 Å². The summed E-state index contributed by atoms with van der Waals surface area (Å²) in [6.45, 7) is 8.42. The van der Waals surface area contributed by atoms with Crippen LogP contribution in [-0.2, 0) is 15.7 Å². The molecule has 0 saturated carbocycles. The molecule has 5 heterocycles. The quantitative estimate of drug-likeness (QED) is 0.0550. The Morgan fingerprint density at radius 3 is 1.00 bits per heavy atom. The van der Waals surface area contributed by atoms with Gasteiger partial charge in [0, 0.05) is 104 Å². The molecule has 0 radical (unpaired) electrons. The molecular weight excluding hydrogens is 1960 g/mol. The van der Waals surface area contributed by atoms with Crippen LogP contribution in [-0.4, -0.2) is 46.4 Å². The zero-order chi connectivity index (χ0) is 100.0. The van der Waals surface area contributed by atoms with Gasteiger partial charge in [-0.05, 0) is 220 Å². The van der Waals surface area contributed by atoms with E-state index in [1.165, 1.54) is 148 Å². The van der Waals surface area contributed by atoms with Crippen LogP contribution >= 0.6 is 39.8 Å². The summed E-state index contributed by atoms with van der Waals surface area (Å²) < 4.78 is 24.1. The fourth-order valence-electron chi connectivity index (χ4n) is 21.4. The zero-order valence-corrected chi connectivity index (χ0v) is 85.0. The average Bonchev–Trinajstić information content (AvgIpc) is 1.53. The Labute approximate surface area is 868 Å². The number of para-hydroxylation sites is 6. The van der Waals surface area contributed by atoms with Crippen LogP contribution in [0.25, 0.3) is 175 Å². The highest BCUT2D eigenvalue weighted by molar-refractivity contribution is 9.11. The lowest BCUT2D eigenvalue weighted by Crippen LogP contribution is -2.41. The maximum atomic E-state index is 11.8. The molecule has 1 aliphatic heterocycles. The van der Waals surface area contributed by atoms with Gasteiger partial charge in [0.2, 0.25) is 0 Å². The van der Waals surface area contributed by atoms with E-state index in [-0.39, 0.29) is 27.5 Å². The van der Waals surface area contributed by atoms with E-state index in [9.17, 15) is 20.2 Å². The van der Waals surface area contributed by atoms with Gasteiger partial charge < -0.3 is 27.6 Å². The molecule has 147 heavy (non-hydrogen) atoms. The van der Waals surface area contributed by atoms with Gasteiger partial charge in [0.05, 0.1) is 75.2 Å². The second kappa shape index (κ2) is 40.1. The first-order chi connectivity index (χ1) is 72.0. The molecule has 0 spiro atoms. The van der Waals surface area contributed by atoms with Crippen molar-refractivity contribution in [1.82, 2.24) is 18.3 Å². The summed E-state index contributed by atoms with van der Waals surface area (Å²) >= 11 is 6.81. The second-order valence-electron chi connectivity index (χ2n) is 37.7. The molecule has 1 fully saturated rings. The van der Waals surface area contributed by atoms with E-state index in [2.05, 4.69) is 490 Å². The van der Waals surface area contributed by atoms with Crippen LogP contribution in [0.2, 0.25) is 0 Å². The van der Waals surface area contributed by atoms with Crippen LogP contribution in [0.3, 0.4) is 0 Å². The predicted octanol–water partition coefficient (Wildman–Crippen LogP) is 33.8. The fourth-order valence-corrected chi connectivity index (χ4v) is 24.7. The SMILES string of the molecule is Brc1cccc2c1c1ccc3ccccc3c1n2-c1ccccc1.CC1(C)OB(c2cccc3c2c2ccc4ccccc4c2n3-c2ccccc2)OC1(C)C.O=[N+]([O-])c1ccccc1-c1cccc2c1c1ccc3ccccc3c1n2-c1ccccc1.O=[N+]([O-])c1ccccc1Br.c1ccc(-n2c3ccc4c(c3c3ccc5ccccc5c32)-c2ccccc2C4)cc1.c1ccc(P(c2ccccc2)c2ccccc2)cc1. The molecule has 26 aromatic rings. The van der Waals surface area contributed by atoms with Crippen LogP contribution in [0, 0.1) is 20.2 Å².